The predicted molar refractivity (Wildman–Crippen MR) is 107 cm³/mol. The Morgan fingerprint density at radius 1 is 1.18 bits per heavy atom. The van der Waals surface area contributed by atoms with E-state index < -0.39 is 10.0 Å². The van der Waals surface area contributed by atoms with Crippen LogP contribution in [-0.2, 0) is 10.0 Å². The van der Waals surface area contributed by atoms with Crippen LogP contribution in [-0.4, -0.2) is 52.0 Å². The Morgan fingerprint density at radius 3 is 2.61 bits per heavy atom. The van der Waals surface area contributed by atoms with Gasteiger partial charge in [-0.15, -0.1) is 0 Å². The average molecular weight is 404 g/mol. The Labute approximate surface area is 164 Å². The van der Waals surface area contributed by atoms with Gasteiger partial charge in [-0.3, -0.25) is 0 Å². The highest BCUT2D eigenvalue weighted by Gasteiger charge is 2.26. The maximum Gasteiger partial charge on any atom is 0.254 e. The van der Waals surface area contributed by atoms with Gasteiger partial charge >= 0.3 is 0 Å². The number of nitrogens with one attached hydrogen (secondary N) is 1. The van der Waals surface area contributed by atoms with Gasteiger partial charge in [0, 0.05) is 30.5 Å². The van der Waals surface area contributed by atoms with Crippen molar-refractivity contribution in [2.24, 2.45) is 0 Å². The van der Waals surface area contributed by atoms with Crippen LogP contribution in [0.15, 0.2) is 35.5 Å². The standard InChI is InChI=1S/C18H24N6O3S/c1-5-23(6-2)28(25,26)16-11-14(8-9-15(16)27-7-3)22-17-10-13(4)21-18-19-12-20-24(17)18/h8-12,22H,5-7H2,1-4H3. The van der Waals surface area contributed by atoms with Crippen LogP contribution in [0.25, 0.3) is 5.78 Å². The Hall–Kier alpha value is -2.72. The Morgan fingerprint density at radius 2 is 1.93 bits per heavy atom. The molecule has 0 radical (unpaired) electrons. The van der Waals surface area contributed by atoms with Gasteiger partial charge in [0.25, 0.3) is 5.78 Å². The second-order valence-electron chi connectivity index (χ2n) is 6.06. The summed E-state index contributed by atoms with van der Waals surface area (Å²) in [5.41, 5.74) is 1.36. The number of anilines is 2. The predicted octanol–water partition coefficient (Wildman–Crippen LogP) is 2.61. The normalized spacial score (nSPS) is 11.9. The zero-order valence-corrected chi connectivity index (χ0v) is 17.2. The largest absolute Gasteiger partial charge is 0.492 e. The first-order valence-corrected chi connectivity index (χ1v) is 10.6. The summed E-state index contributed by atoms with van der Waals surface area (Å²) in [5, 5.41) is 7.37. The van der Waals surface area contributed by atoms with E-state index >= 15 is 0 Å². The van der Waals surface area contributed by atoms with Crippen LogP contribution >= 0.6 is 0 Å². The maximum absolute atomic E-state index is 13.1. The molecule has 0 aliphatic rings. The summed E-state index contributed by atoms with van der Waals surface area (Å²) in [6.07, 6.45) is 1.42. The average Bonchev–Trinajstić information content (AvgIpc) is 3.12. The molecule has 9 nitrogen and oxygen atoms in total. The van der Waals surface area contributed by atoms with Gasteiger partial charge in [0.05, 0.1) is 6.61 Å². The number of nitrogens with zero attached hydrogens (tertiary/aromatic N) is 5. The van der Waals surface area contributed by atoms with Crippen LogP contribution in [0, 0.1) is 6.92 Å². The first-order valence-electron chi connectivity index (χ1n) is 9.12. The first kappa shape index (κ1) is 20.0. The lowest BCUT2D eigenvalue weighted by Gasteiger charge is -2.21. The van der Waals surface area contributed by atoms with E-state index in [2.05, 4.69) is 20.4 Å². The molecular formula is C18H24N6O3S. The molecule has 2 heterocycles. The highest BCUT2D eigenvalue weighted by Crippen LogP contribution is 2.31. The smallest absolute Gasteiger partial charge is 0.254 e. The van der Waals surface area contributed by atoms with Gasteiger partial charge in [0.1, 0.15) is 22.8 Å². The highest BCUT2D eigenvalue weighted by molar-refractivity contribution is 7.89. The zero-order chi connectivity index (χ0) is 20.3. The van der Waals surface area contributed by atoms with Crippen LogP contribution in [0.5, 0.6) is 5.75 Å². The van der Waals surface area contributed by atoms with Crippen molar-refractivity contribution < 1.29 is 13.2 Å². The van der Waals surface area contributed by atoms with E-state index in [1.54, 1.807) is 22.7 Å². The second kappa shape index (κ2) is 8.11. The minimum Gasteiger partial charge on any atom is -0.492 e. The van der Waals surface area contributed by atoms with Gasteiger partial charge in [-0.05, 0) is 32.0 Å². The lowest BCUT2D eigenvalue weighted by molar-refractivity contribution is 0.329. The fourth-order valence-corrected chi connectivity index (χ4v) is 4.55. The lowest BCUT2D eigenvalue weighted by atomic mass is 10.3. The third-order valence-corrected chi connectivity index (χ3v) is 6.29. The SMILES string of the molecule is CCOc1ccc(Nc2cc(C)nc3ncnn23)cc1S(=O)(=O)N(CC)CC. The van der Waals surface area contributed by atoms with E-state index in [9.17, 15) is 8.42 Å². The molecule has 3 aromatic rings. The topological polar surface area (TPSA) is 102 Å². The second-order valence-corrected chi connectivity index (χ2v) is 7.97. The summed E-state index contributed by atoms with van der Waals surface area (Å²) >= 11 is 0. The van der Waals surface area contributed by atoms with Crippen LogP contribution < -0.4 is 10.1 Å². The molecule has 1 N–H and O–H groups in total. The number of rotatable bonds is 8. The molecule has 3 rings (SSSR count). The van der Waals surface area contributed by atoms with Crippen molar-refractivity contribution >= 4 is 27.3 Å². The molecule has 0 spiro atoms. The summed E-state index contributed by atoms with van der Waals surface area (Å²) in [6, 6.07) is 6.83. The number of aryl methyl sites for hydroxylation is 1. The number of benzene rings is 1. The minimum atomic E-state index is -3.69. The summed E-state index contributed by atoms with van der Waals surface area (Å²) in [7, 11) is -3.69. The minimum absolute atomic E-state index is 0.128. The van der Waals surface area contributed by atoms with Crippen LogP contribution in [0.1, 0.15) is 26.5 Å². The van der Waals surface area contributed by atoms with Crippen LogP contribution in [0.2, 0.25) is 0 Å². The van der Waals surface area contributed by atoms with Gasteiger partial charge in [0.2, 0.25) is 10.0 Å². The van der Waals surface area contributed by atoms with E-state index in [-0.39, 0.29) is 4.90 Å². The molecular weight excluding hydrogens is 380 g/mol. The molecule has 2 aromatic heterocycles. The molecule has 28 heavy (non-hydrogen) atoms. The third-order valence-electron chi connectivity index (χ3n) is 4.22. The van der Waals surface area contributed by atoms with Crippen molar-refractivity contribution in [3.8, 4) is 5.75 Å². The van der Waals surface area contributed by atoms with Crippen molar-refractivity contribution in [3.05, 3.63) is 36.3 Å². The molecule has 10 heteroatoms. The van der Waals surface area contributed by atoms with Crippen molar-refractivity contribution in [2.45, 2.75) is 32.6 Å². The lowest BCUT2D eigenvalue weighted by Crippen LogP contribution is -2.31. The number of aromatic nitrogens is 4. The molecule has 0 fully saturated rings. The Bertz CT molecular complexity index is 1080. The first-order chi connectivity index (χ1) is 13.4. The Balaban J connectivity index is 2.07. The van der Waals surface area contributed by atoms with E-state index in [1.807, 2.05) is 33.8 Å². The quantitative estimate of drug-likeness (QED) is 0.616. The molecule has 0 unspecified atom stereocenters. The molecule has 1 aromatic carbocycles. The van der Waals surface area contributed by atoms with Crippen molar-refractivity contribution in [2.75, 3.05) is 25.0 Å². The fourth-order valence-electron chi connectivity index (χ4n) is 2.93. The summed E-state index contributed by atoms with van der Waals surface area (Å²) < 4.78 is 34.7. The van der Waals surface area contributed by atoms with Gasteiger partial charge in [-0.2, -0.15) is 18.9 Å². The molecule has 0 atom stereocenters. The van der Waals surface area contributed by atoms with Crippen LogP contribution in [0.4, 0.5) is 11.5 Å². The van der Waals surface area contributed by atoms with Crippen LogP contribution in [0.3, 0.4) is 0 Å². The molecule has 150 valence electrons. The summed E-state index contributed by atoms with van der Waals surface area (Å²) in [4.78, 5) is 8.53. The molecule has 0 aliphatic heterocycles. The number of sulfonamides is 1. The number of hydrogen-bond donors (Lipinski definition) is 1. The molecule has 0 amide bonds. The van der Waals surface area contributed by atoms with E-state index in [0.717, 1.165) is 5.69 Å². The summed E-state index contributed by atoms with van der Waals surface area (Å²) in [5.74, 6) is 1.43. The molecule has 0 saturated carbocycles. The van der Waals surface area contributed by atoms with Crippen molar-refractivity contribution in [3.63, 3.8) is 0 Å². The zero-order valence-electron chi connectivity index (χ0n) is 16.4. The Kier molecular flexibility index (Phi) is 5.80. The molecule has 0 aliphatic carbocycles. The highest BCUT2D eigenvalue weighted by atomic mass is 32.2. The number of hydrogen-bond acceptors (Lipinski definition) is 7. The third kappa shape index (κ3) is 3.78. The van der Waals surface area contributed by atoms with Gasteiger partial charge in [-0.25, -0.2) is 13.4 Å². The van der Waals surface area contributed by atoms with E-state index in [1.165, 1.54) is 10.6 Å². The fraction of sp³-hybridized carbons (Fsp3) is 0.389. The van der Waals surface area contributed by atoms with E-state index in [4.69, 9.17) is 4.74 Å². The van der Waals surface area contributed by atoms with Gasteiger partial charge in [0.15, 0.2) is 0 Å². The van der Waals surface area contributed by atoms with Crippen molar-refractivity contribution in [1.82, 2.24) is 23.9 Å². The van der Waals surface area contributed by atoms with E-state index in [0.29, 0.717) is 42.7 Å². The van der Waals surface area contributed by atoms with Gasteiger partial charge in [-0.1, -0.05) is 13.8 Å². The van der Waals surface area contributed by atoms with Gasteiger partial charge < -0.3 is 10.1 Å². The molecule has 0 bridgehead atoms. The van der Waals surface area contributed by atoms with Crippen molar-refractivity contribution in [1.29, 1.82) is 0 Å². The maximum atomic E-state index is 13.1. The summed E-state index contributed by atoms with van der Waals surface area (Å²) in [6.45, 7) is 8.43. The number of fused-ring (bicyclic) bond motifs is 1. The number of ether oxygens (including phenoxy) is 1. The molecule has 0 saturated heterocycles. The monoisotopic (exact) mass is 404 g/mol.